The number of carbonyl (C=O) groups excluding carboxylic acids is 1. The van der Waals surface area contributed by atoms with Crippen molar-refractivity contribution < 1.29 is 19.0 Å². The molecule has 0 heterocycles. The van der Waals surface area contributed by atoms with Crippen molar-refractivity contribution in [2.45, 2.75) is 19.3 Å². The largest absolute Gasteiger partial charge is 0.491 e. The van der Waals surface area contributed by atoms with Crippen LogP contribution in [0.25, 0.3) is 0 Å². The van der Waals surface area contributed by atoms with Crippen LogP contribution >= 0.6 is 0 Å². The highest BCUT2D eigenvalue weighted by atomic mass is 16.5. The van der Waals surface area contributed by atoms with Gasteiger partial charge < -0.3 is 19.9 Å². The lowest BCUT2D eigenvalue weighted by atomic mass is 10.1. The third-order valence-corrected chi connectivity index (χ3v) is 2.76. The van der Waals surface area contributed by atoms with Crippen molar-refractivity contribution in [1.82, 2.24) is 0 Å². The van der Waals surface area contributed by atoms with E-state index in [4.69, 9.17) is 15.2 Å². The van der Waals surface area contributed by atoms with Crippen molar-refractivity contribution in [2.24, 2.45) is 5.73 Å². The number of ether oxygens (including phenoxy) is 3. The predicted octanol–water partition coefficient (Wildman–Crippen LogP) is 1.54. The minimum absolute atomic E-state index is 0.164. The van der Waals surface area contributed by atoms with Crippen molar-refractivity contribution in [1.29, 1.82) is 0 Å². The smallest absolute Gasteiger partial charge is 0.305 e. The Bertz CT molecular complexity index is 378. The number of hydrogen-bond acceptors (Lipinski definition) is 5. The fraction of sp³-hybridized carbons (Fsp3) is 0.533. The lowest BCUT2D eigenvalue weighted by Gasteiger charge is -2.07. The molecule has 0 saturated heterocycles. The molecule has 0 radical (unpaired) electrons. The van der Waals surface area contributed by atoms with E-state index in [1.54, 1.807) is 0 Å². The summed E-state index contributed by atoms with van der Waals surface area (Å²) in [5, 5.41) is 0. The van der Waals surface area contributed by atoms with Gasteiger partial charge in [0.1, 0.15) is 12.4 Å². The van der Waals surface area contributed by atoms with Gasteiger partial charge in [0.15, 0.2) is 0 Å². The highest BCUT2D eigenvalue weighted by molar-refractivity contribution is 5.69. The van der Waals surface area contributed by atoms with Crippen LogP contribution in [0.15, 0.2) is 24.3 Å². The van der Waals surface area contributed by atoms with Crippen LogP contribution in [-0.2, 0) is 20.7 Å². The molecule has 0 amide bonds. The maximum atomic E-state index is 11.0. The molecule has 1 aromatic carbocycles. The van der Waals surface area contributed by atoms with Crippen LogP contribution in [0.3, 0.4) is 0 Å². The van der Waals surface area contributed by atoms with Crippen LogP contribution in [0.5, 0.6) is 5.75 Å². The second-order valence-corrected chi connectivity index (χ2v) is 4.32. The Labute approximate surface area is 120 Å². The summed E-state index contributed by atoms with van der Waals surface area (Å²) >= 11 is 0. The standard InChI is InChI=1S/C15H23NO4/c1-18-15(17)4-2-3-13-5-7-14(8-6-13)20-12-11-19-10-9-16/h5-8H,2-4,9-12,16H2,1H3. The molecule has 112 valence electrons. The molecule has 0 saturated carbocycles. The van der Waals surface area contributed by atoms with Gasteiger partial charge in [0.25, 0.3) is 0 Å². The summed E-state index contributed by atoms with van der Waals surface area (Å²) < 4.78 is 15.3. The minimum atomic E-state index is -0.164. The van der Waals surface area contributed by atoms with Gasteiger partial charge in [-0.2, -0.15) is 0 Å². The summed E-state index contributed by atoms with van der Waals surface area (Å²) in [5.41, 5.74) is 6.49. The Hall–Kier alpha value is -1.59. The summed E-state index contributed by atoms with van der Waals surface area (Å²) in [6.07, 6.45) is 2.10. The molecule has 0 bridgehead atoms. The molecule has 0 aromatic heterocycles. The second-order valence-electron chi connectivity index (χ2n) is 4.32. The zero-order chi connectivity index (χ0) is 14.6. The maximum Gasteiger partial charge on any atom is 0.305 e. The van der Waals surface area contributed by atoms with Gasteiger partial charge in [-0.1, -0.05) is 12.1 Å². The molecule has 20 heavy (non-hydrogen) atoms. The number of carbonyl (C=O) groups is 1. The average Bonchev–Trinajstić information content (AvgIpc) is 2.48. The number of nitrogens with two attached hydrogens (primary N) is 1. The molecular weight excluding hydrogens is 258 g/mol. The first kappa shape index (κ1) is 16.5. The van der Waals surface area contributed by atoms with Crippen LogP contribution in [0, 0.1) is 0 Å². The zero-order valence-electron chi connectivity index (χ0n) is 12.0. The van der Waals surface area contributed by atoms with Crippen LogP contribution < -0.4 is 10.5 Å². The molecule has 1 rings (SSSR count). The fourth-order valence-corrected chi connectivity index (χ4v) is 1.70. The van der Waals surface area contributed by atoms with E-state index in [9.17, 15) is 4.79 Å². The number of methoxy groups -OCH3 is 1. The lowest BCUT2D eigenvalue weighted by molar-refractivity contribution is -0.140. The molecule has 0 fully saturated rings. The lowest BCUT2D eigenvalue weighted by Crippen LogP contribution is -2.13. The van der Waals surface area contributed by atoms with Crippen molar-refractivity contribution in [3.05, 3.63) is 29.8 Å². The minimum Gasteiger partial charge on any atom is -0.491 e. The molecule has 0 aliphatic rings. The Kier molecular flexibility index (Phi) is 8.42. The maximum absolute atomic E-state index is 11.0. The highest BCUT2D eigenvalue weighted by Crippen LogP contribution is 2.14. The number of rotatable bonds is 10. The third kappa shape index (κ3) is 7.11. The van der Waals surface area contributed by atoms with Crippen molar-refractivity contribution >= 4 is 5.97 Å². The number of aryl methyl sites for hydroxylation is 1. The number of esters is 1. The van der Waals surface area contributed by atoms with Crippen molar-refractivity contribution in [3.8, 4) is 5.75 Å². The van der Waals surface area contributed by atoms with E-state index in [0.717, 1.165) is 18.6 Å². The molecule has 5 nitrogen and oxygen atoms in total. The Morgan fingerprint density at radius 1 is 1.15 bits per heavy atom. The van der Waals surface area contributed by atoms with Crippen molar-refractivity contribution in [2.75, 3.05) is 33.5 Å². The van der Waals surface area contributed by atoms with Gasteiger partial charge in [0.2, 0.25) is 0 Å². The molecule has 0 unspecified atom stereocenters. The summed E-state index contributed by atoms with van der Waals surface area (Å²) in [6, 6.07) is 7.87. The Morgan fingerprint density at radius 2 is 1.90 bits per heavy atom. The van der Waals surface area contributed by atoms with E-state index in [1.807, 2.05) is 24.3 Å². The summed E-state index contributed by atoms with van der Waals surface area (Å²) in [7, 11) is 1.41. The van der Waals surface area contributed by atoms with Crippen LogP contribution in [0.1, 0.15) is 18.4 Å². The van der Waals surface area contributed by atoms with Crippen LogP contribution in [0.4, 0.5) is 0 Å². The van der Waals surface area contributed by atoms with Crippen molar-refractivity contribution in [3.63, 3.8) is 0 Å². The topological polar surface area (TPSA) is 70.8 Å². The van der Waals surface area contributed by atoms with Gasteiger partial charge >= 0.3 is 5.97 Å². The average molecular weight is 281 g/mol. The molecule has 0 spiro atoms. The first-order valence-electron chi connectivity index (χ1n) is 6.82. The Balaban J connectivity index is 2.21. The van der Waals surface area contributed by atoms with Crippen LogP contribution in [0.2, 0.25) is 0 Å². The number of hydrogen-bond donors (Lipinski definition) is 1. The summed E-state index contributed by atoms with van der Waals surface area (Å²) in [6.45, 7) is 2.14. The van der Waals surface area contributed by atoms with Crippen LogP contribution in [-0.4, -0.2) is 39.4 Å². The van der Waals surface area contributed by atoms with Gasteiger partial charge in [-0.05, 0) is 30.5 Å². The van der Waals surface area contributed by atoms with E-state index in [0.29, 0.717) is 32.8 Å². The number of benzene rings is 1. The normalized spacial score (nSPS) is 10.3. The van der Waals surface area contributed by atoms with Gasteiger partial charge in [-0.3, -0.25) is 4.79 Å². The summed E-state index contributed by atoms with van der Waals surface area (Å²) in [5.74, 6) is 0.653. The summed E-state index contributed by atoms with van der Waals surface area (Å²) in [4.78, 5) is 11.0. The predicted molar refractivity (Wildman–Crippen MR) is 76.8 cm³/mol. The molecule has 0 aliphatic heterocycles. The highest BCUT2D eigenvalue weighted by Gasteiger charge is 2.01. The van der Waals surface area contributed by atoms with Gasteiger partial charge in [0, 0.05) is 13.0 Å². The first-order chi connectivity index (χ1) is 9.76. The van der Waals surface area contributed by atoms with E-state index in [2.05, 4.69) is 4.74 Å². The van der Waals surface area contributed by atoms with E-state index >= 15 is 0 Å². The molecule has 0 atom stereocenters. The van der Waals surface area contributed by atoms with Gasteiger partial charge in [-0.15, -0.1) is 0 Å². The van der Waals surface area contributed by atoms with E-state index < -0.39 is 0 Å². The SMILES string of the molecule is COC(=O)CCCc1ccc(OCCOCCN)cc1. The molecule has 2 N–H and O–H groups in total. The fourth-order valence-electron chi connectivity index (χ4n) is 1.70. The monoisotopic (exact) mass is 281 g/mol. The van der Waals surface area contributed by atoms with E-state index in [-0.39, 0.29) is 5.97 Å². The zero-order valence-corrected chi connectivity index (χ0v) is 12.0. The van der Waals surface area contributed by atoms with E-state index in [1.165, 1.54) is 12.7 Å². The molecule has 5 heteroatoms. The molecular formula is C15H23NO4. The molecule has 0 aliphatic carbocycles. The third-order valence-electron chi connectivity index (χ3n) is 2.76. The molecule has 1 aromatic rings. The van der Waals surface area contributed by atoms with Gasteiger partial charge in [0.05, 0.1) is 20.3 Å². The Morgan fingerprint density at radius 3 is 2.55 bits per heavy atom. The van der Waals surface area contributed by atoms with Gasteiger partial charge in [-0.25, -0.2) is 0 Å². The first-order valence-corrected chi connectivity index (χ1v) is 6.82. The quantitative estimate of drug-likeness (QED) is 0.520. The second kappa shape index (κ2) is 10.2.